The zero-order valence-corrected chi connectivity index (χ0v) is 17.2. The van der Waals surface area contributed by atoms with Gasteiger partial charge in [0, 0.05) is 24.4 Å². The monoisotopic (exact) mass is 420 g/mol. The van der Waals surface area contributed by atoms with Crippen LogP contribution < -0.4 is 15.2 Å². The molecule has 1 aliphatic rings. The Bertz CT molecular complexity index is 1100. The SMILES string of the molecule is Cc1nc(Oc2cc(C#N)ccc2-n2cc([C@@H](O)CN)cn2)cc(OC2CCCC2)n1. The highest BCUT2D eigenvalue weighted by Gasteiger charge is 2.19. The van der Waals surface area contributed by atoms with E-state index in [9.17, 15) is 10.4 Å². The number of rotatable bonds is 7. The minimum atomic E-state index is -0.809. The van der Waals surface area contributed by atoms with E-state index >= 15 is 0 Å². The molecule has 1 aromatic carbocycles. The number of ether oxygens (including phenoxy) is 2. The number of nitriles is 1. The Balaban J connectivity index is 1.65. The predicted octanol–water partition coefficient (Wildman–Crippen LogP) is 2.95. The molecule has 1 aliphatic carbocycles. The molecule has 2 heterocycles. The first-order valence-corrected chi connectivity index (χ1v) is 10.2. The topological polar surface area (TPSA) is 132 Å². The molecule has 9 heteroatoms. The van der Waals surface area contributed by atoms with Gasteiger partial charge in [0.25, 0.3) is 0 Å². The van der Waals surface area contributed by atoms with Crippen molar-refractivity contribution >= 4 is 0 Å². The Labute approximate surface area is 180 Å². The van der Waals surface area contributed by atoms with Gasteiger partial charge < -0.3 is 20.3 Å². The normalized spacial score (nSPS) is 14.9. The first-order chi connectivity index (χ1) is 15.1. The van der Waals surface area contributed by atoms with Gasteiger partial charge >= 0.3 is 0 Å². The second-order valence-corrected chi connectivity index (χ2v) is 7.48. The van der Waals surface area contributed by atoms with Crippen molar-refractivity contribution < 1.29 is 14.6 Å². The average molecular weight is 420 g/mol. The van der Waals surface area contributed by atoms with Crippen LogP contribution in [0, 0.1) is 18.3 Å². The highest BCUT2D eigenvalue weighted by atomic mass is 16.5. The van der Waals surface area contributed by atoms with Crippen LogP contribution >= 0.6 is 0 Å². The number of aliphatic hydroxyl groups is 1. The van der Waals surface area contributed by atoms with Crippen LogP contribution in [0.2, 0.25) is 0 Å². The number of hydrogen-bond donors (Lipinski definition) is 2. The summed E-state index contributed by atoms with van der Waals surface area (Å²) < 4.78 is 13.6. The lowest BCUT2D eigenvalue weighted by Crippen LogP contribution is -2.12. The van der Waals surface area contributed by atoms with E-state index in [2.05, 4.69) is 21.1 Å². The maximum Gasteiger partial charge on any atom is 0.226 e. The van der Waals surface area contributed by atoms with Crippen LogP contribution in [0.1, 0.15) is 48.7 Å². The second kappa shape index (κ2) is 9.12. The number of hydrogen-bond acceptors (Lipinski definition) is 8. The molecule has 0 bridgehead atoms. The molecule has 3 aromatic rings. The molecule has 1 saturated carbocycles. The van der Waals surface area contributed by atoms with E-state index in [-0.39, 0.29) is 12.6 Å². The number of aromatic nitrogens is 4. The summed E-state index contributed by atoms with van der Waals surface area (Å²) in [6, 6.07) is 8.78. The number of benzene rings is 1. The predicted molar refractivity (Wildman–Crippen MR) is 112 cm³/mol. The molecule has 0 radical (unpaired) electrons. The van der Waals surface area contributed by atoms with Gasteiger partial charge in [0.05, 0.1) is 30.0 Å². The number of aryl methyl sites for hydroxylation is 1. The molecule has 160 valence electrons. The van der Waals surface area contributed by atoms with E-state index in [1.165, 1.54) is 0 Å². The molecule has 0 amide bonds. The second-order valence-electron chi connectivity index (χ2n) is 7.48. The van der Waals surface area contributed by atoms with E-state index in [1.807, 2.05) is 0 Å². The quantitative estimate of drug-likeness (QED) is 0.596. The van der Waals surface area contributed by atoms with Gasteiger partial charge in [0.15, 0.2) is 5.75 Å². The lowest BCUT2D eigenvalue weighted by molar-refractivity contribution is 0.186. The molecule has 2 aromatic heterocycles. The molecular weight excluding hydrogens is 396 g/mol. The van der Waals surface area contributed by atoms with E-state index < -0.39 is 6.10 Å². The van der Waals surface area contributed by atoms with Crippen LogP contribution in [0.15, 0.2) is 36.7 Å². The highest BCUT2D eigenvalue weighted by molar-refractivity contribution is 5.52. The Morgan fingerprint density at radius 3 is 2.77 bits per heavy atom. The highest BCUT2D eigenvalue weighted by Crippen LogP contribution is 2.31. The Kier molecular flexibility index (Phi) is 6.11. The summed E-state index contributed by atoms with van der Waals surface area (Å²) in [4.78, 5) is 8.72. The lowest BCUT2D eigenvalue weighted by atomic mass is 10.2. The zero-order valence-electron chi connectivity index (χ0n) is 17.2. The molecule has 0 saturated heterocycles. The first-order valence-electron chi connectivity index (χ1n) is 10.2. The van der Waals surface area contributed by atoms with Crippen LogP contribution in [0.3, 0.4) is 0 Å². The van der Waals surface area contributed by atoms with Gasteiger partial charge in [-0.3, -0.25) is 0 Å². The van der Waals surface area contributed by atoms with Gasteiger partial charge in [-0.1, -0.05) is 0 Å². The first kappa shape index (κ1) is 20.8. The standard InChI is InChI=1S/C22H24N6O3/c1-14-26-21(30-17-4-2-3-5-17)9-22(27-14)31-20-8-15(10-23)6-7-18(20)28-13-16(12-25-28)19(29)11-24/h6-9,12-13,17,19,29H,2-5,11,24H2,1H3/t19-/m0/s1. The molecule has 3 N–H and O–H groups in total. The third-order valence-electron chi connectivity index (χ3n) is 5.14. The number of aliphatic hydroxyl groups excluding tert-OH is 1. The summed E-state index contributed by atoms with van der Waals surface area (Å²) in [5, 5.41) is 23.6. The lowest BCUT2D eigenvalue weighted by Gasteiger charge is -2.15. The Morgan fingerprint density at radius 1 is 1.26 bits per heavy atom. The van der Waals surface area contributed by atoms with Crippen molar-refractivity contribution in [1.82, 2.24) is 19.7 Å². The third-order valence-corrected chi connectivity index (χ3v) is 5.14. The van der Waals surface area contributed by atoms with Crippen molar-refractivity contribution in [2.24, 2.45) is 5.73 Å². The van der Waals surface area contributed by atoms with Gasteiger partial charge in [-0.05, 0) is 44.7 Å². The van der Waals surface area contributed by atoms with Crippen molar-refractivity contribution in [3.63, 3.8) is 0 Å². The maximum absolute atomic E-state index is 9.97. The third kappa shape index (κ3) is 4.82. The van der Waals surface area contributed by atoms with Gasteiger partial charge in [0.1, 0.15) is 17.6 Å². The van der Waals surface area contributed by atoms with Crippen molar-refractivity contribution in [2.45, 2.75) is 44.8 Å². The number of nitrogens with zero attached hydrogens (tertiary/aromatic N) is 5. The van der Waals surface area contributed by atoms with Crippen LogP contribution in [0.4, 0.5) is 0 Å². The van der Waals surface area contributed by atoms with Crippen molar-refractivity contribution in [2.75, 3.05) is 6.54 Å². The van der Waals surface area contributed by atoms with Crippen LogP contribution in [-0.4, -0.2) is 37.5 Å². The van der Waals surface area contributed by atoms with Crippen molar-refractivity contribution in [1.29, 1.82) is 5.26 Å². The minimum absolute atomic E-state index is 0.0897. The maximum atomic E-state index is 9.97. The molecule has 1 fully saturated rings. The smallest absolute Gasteiger partial charge is 0.226 e. The summed E-state index contributed by atoms with van der Waals surface area (Å²) in [6.07, 6.45) is 6.93. The van der Waals surface area contributed by atoms with E-state index in [0.717, 1.165) is 25.7 Å². The largest absolute Gasteiger partial charge is 0.474 e. The molecule has 4 rings (SSSR count). The zero-order chi connectivity index (χ0) is 21.8. The summed E-state index contributed by atoms with van der Waals surface area (Å²) >= 11 is 0. The number of nitrogens with two attached hydrogens (primary N) is 1. The molecule has 1 atom stereocenters. The molecule has 0 spiro atoms. The summed E-state index contributed by atoms with van der Waals surface area (Å²) in [6.45, 7) is 1.86. The van der Waals surface area contributed by atoms with Gasteiger partial charge in [-0.25, -0.2) is 4.68 Å². The van der Waals surface area contributed by atoms with Crippen LogP contribution in [0.25, 0.3) is 5.69 Å². The van der Waals surface area contributed by atoms with Crippen LogP contribution in [-0.2, 0) is 0 Å². The van der Waals surface area contributed by atoms with Crippen molar-refractivity contribution in [3.05, 3.63) is 53.6 Å². The molecule has 9 nitrogen and oxygen atoms in total. The van der Waals surface area contributed by atoms with Gasteiger partial charge in [-0.2, -0.15) is 20.3 Å². The Hall–Kier alpha value is -3.48. The fourth-order valence-corrected chi connectivity index (χ4v) is 3.55. The molecule has 0 unspecified atom stereocenters. The summed E-state index contributed by atoms with van der Waals surface area (Å²) in [5.41, 5.74) is 7.14. The average Bonchev–Trinajstić information content (AvgIpc) is 3.45. The van der Waals surface area contributed by atoms with E-state index in [1.54, 1.807) is 48.3 Å². The summed E-state index contributed by atoms with van der Waals surface area (Å²) in [5.74, 6) is 1.70. The molecule has 0 aliphatic heterocycles. The van der Waals surface area contributed by atoms with E-state index in [4.69, 9.17) is 15.2 Å². The van der Waals surface area contributed by atoms with Gasteiger partial charge in [-0.15, -0.1) is 0 Å². The van der Waals surface area contributed by atoms with Gasteiger partial charge in [0.2, 0.25) is 11.8 Å². The van der Waals surface area contributed by atoms with E-state index in [0.29, 0.717) is 40.1 Å². The fourth-order valence-electron chi connectivity index (χ4n) is 3.55. The summed E-state index contributed by atoms with van der Waals surface area (Å²) in [7, 11) is 0. The molecular formula is C22H24N6O3. The van der Waals surface area contributed by atoms with Crippen LogP contribution in [0.5, 0.6) is 17.5 Å². The van der Waals surface area contributed by atoms with Crippen molar-refractivity contribution in [3.8, 4) is 29.3 Å². The Morgan fingerprint density at radius 2 is 2.03 bits per heavy atom. The fraction of sp³-hybridized carbons (Fsp3) is 0.364. The molecule has 31 heavy (non-hydrogen) atoms. The minimum Gasteiger partial charge on any atom is -0.474 e.